The molecule has 1 fully saturated rings. The van der Waals surface area contributed by atoms with E-state index in [2.05, 4.69) is 25.5 Å². The molecule has 1 aromatic carbocycles. The van der Waals surface area contributed by atoms with E-state index in [1.807, 2.05) is 0 Å². The Hall–Kier alpha value is -2.32. The Morgan fingerprint density at radius 3 is 2.79 bits per heavy atom. The van der Waals surface area contributed by atoms with Crippen LogP contribution in [0, 0.1) is 11.6 Å². The van der Waals surface area contributed by atoms with Gasteiger partial charge < -0.3 is 15.4 Å². The first-order chi connectivity index (χ1) is 11.7. The van der Waals surface area contributed by atoms with Gasteiger partial charge in [0.25, 0.3) is 0 Å². The first-order valence-corrected chi connectivity index (χ1v) is 7.80. The van der Waals surface area contributed by atoms with E-state index in [1.54, 1.807) is 12.3 Å². The molecule has 0 bridgehead atoms. The van der Waals surface area contributed by atoms with Crippen molar-refractivity contribution in [2.75, 3.05) is 50.0 Å². The van der Waals surface area contributed by atoms with Gasteiger partial charge in [-0.2, -0.15) is 4.98 Å². The predicted molar refractivity (Wildman–Crippen MR) is 87.4 cm³/mol. The highest BCUT2D eigenvalue weighted by atomic mass is 19.1. The van der Waals surface area contributed by atoms with Gasteiger partial charge in [-0.25, -0.2) is 13.8 Å². The lowest BCUT2D eigenvalue weighted by molar-refractivity contribution is 0.0398. The number of rotatable bonds is 6. The molecule has 0 aliphatic carbocycles. The standard InChI is InChI=1S/C16H19F2N5O/c17-12-1-2-14(13(18)11-12)21-16-20-4-3-15(22-16)19-5-6-23-7-9-24-10-8-23/h1-4,11H,5-10H2,(H2,19,20,21,22). The molecule has 128 valence electrons. The van der Waals surface area contributed by atoms with Crippen molar-refractivity contribution in [3.05, 3.63) is 42.1 Å². The Morgan fingerprint density at radius 1 is 1.17 bits per heavy atom. The summed E-state index contributed by atoms with van der Waals surface area (Å²) in [5.74, 6) is -0.429. The van der Waals surface area contributed by atoms with Crippen LogP contribution in [-0.2, 0) is 4.74 Å². The van der Waals surface area contributed by atoms with Gasteiger partial charge in [-0.15, -0.1) is 0 Å². The molecule has 1 saturated heterocycles. The molecule has 0 unspecified atom stereocenters. The van der Waals surface area contributed by atoms with E-state index in [0.717, 1.165) is 45.5 Å². The second-order valence-corrected chi connectivity index (χ2v) is 5.40. The summed E-state index contributed by atoms with van der Waals surface area (Å²) >= 11 is 0. The molecule has 0 amide bonds. The summed E-state index contributed by atoms with van der Waals surface area (Å²) < 4.78 is 31.9. The summed E-state index contributed by atoms with van der Waals surface area (Å²) in [5.41, 5.74) is 0.127. The number of morpholine rings is 1. The van der Waals surface area contributed by atoms with Crippen LogP contribution in [0.25, 0.3) is 0 Å². The zero-order chi connectivity index (χ0) is 16.8. The number of halogens is 2. The largest absolute Gasteiger partial charge is 0.379 e. The lowest BCUT2D eigenvalue weighted by Gasteiger charge is -2.26. The lowest BCUT2D eigenvalue weighted by Crippen LogP contribution is -2.39. The highest BCUT2D eigenvalue weighted by molar-refractivity contribution is 5.55. The molecule has 6 nitrogen and oxygen atoms in total. The topological polar surface area (TPSA) is 62.3 Å². The molecule has 2 N–H and O–H groups in total. The number of ether oxygens (including phenoxy) is 1. The molecule has 0 spiro atoms. The van der Waals surface area contributed by atoms with Gasteiger partial charge in [-0.1, -0.05) is 0 Å². The highest BCUT2D eigenvalue weighted by Gasteiger charge is 2.10. The summed E-state index contributed by atoms with van der Waals surface area (Å²) in [7, 11) is 0. The van der Waals surface area contributed by atoms with Crippen LogP contribution in [0.2, 0.25) is 0 Å². The molecule has 3 rings (SSSR count). The van der Waals surface area contributed by atoms with E-state index in [-0.39, 0.29) is 11.6 Å². The Balaban J connectivity index is 1.55. The zero-order valence-electron chi connectivity index (χ0n) is 13.1. The van der Waals surface area contributed by atoms with Crippen LogP contribution in [0.1, 0.15) is 0 Å². The van der Waals surface area contributed by atoms with E-state index in [0.29, 0.717) is 5.82 Å². The summed E-state index contributed by atoms with van der Waals surface area (Å²) in [6, 6.07) is 5.04. The maximum Gasteiger partial charge on any atom is 0.229 e. The number of aromatic nitrogens is 2. The normalized spacial score (nSPS) is 15.2. The number of anilines is 3. The van der Waals surface area contributed by atoms with E-state index >= 15 is 0 Å². The molecule has 1 aromatic heterocycles. The van der Waals surface area contributed by atoms with Gasteiger partial charge in [0.05, 0.1) is 18.9 Å². The van der Waals surface area contributed by atoms with Crippen molar-refractivity contribution in [1.29, 1.82) is 0 Å². The van der Waals surface area contributed by atoms with Gasteiger partial charge in [0.2, 0.25) is 5.95 Å². The van der Waals surface area contributed by atoms with Crippen LogP contribution in [0.15, 0.2) is 30.5 Å². The van der Waals surface area contributed by atoms with Crippen LogP contribution < -0.4 is 10.6 Å². The average Bonchev–Trinajstić information content (AvgIpc) is 2.59. The fraction of sp³-hybridized carbons (Fsp3) is 0.375. The molecule has 24 heavy (non-hydrogen) atoms. The van der Waals surface area contributed by atoms with Crippen LogP contribution in [0.5, 0.6) is 0 Å². The van der Waals surface area contributed by atoms with Gasteiger partial charge in [0.1, 0.15) is 17.5 Å². The second-order valence-electron chi connectivity index (χ2n) is 5.40. The molecular formula is C16H19F2N5O. The number of nitrogens with zero attached hydrogens (tertiary/aromatic N) is 3. The van der Waals surface area contributed by atoms with Gasteiger partial charge >= 0.3 is 0 Å². The third kappa shape index (κ3) is 4.59. The molecule has 1 aliphatic heterocycles. The number of nitrogens with one attached hydrogen (secondary N) is 2. The number of hydrogen-bond donors (Lipinski definition) is 2. The van der Waals surface area contributed by atoms with Gasteiger partial charge in [0.15, 0.2) is 0 Å². The SMILES string of the molecule is Fc1ccc(Nc2nccc(NCCN3CCOCC3)n2)c(F)c1. The summed E-state index contributed by atoms with van der Waals surface area (Å²) in [4.78, 5) is 10.6. The predicted octanol–water partition coefficient (Wildman–Crippen LogP) is 2.24. The Labute approximate surface area is 138 Å². The molecule has 0 saturated carbocycles. The minimum absolute atomic E-state index is 0.127. The molecule has 1 aliphatic rings. The van der Waals surface area contributed by atoms with Crippen LogP contribution >= 0.6 is 0 Å². The van der Waals surface area contributed by atoms with Crippen molar-refractivity contribution in [2.24, 2.45) is 0 Å². The van der Waals surface area contributed by atoms with Gasteiger partial charge in [-0.05, 0) is 18.2 Å². The number of benzene rings is 1. The highest BCUT2D eigenvalue weighted by Crippen LogP contribution is 2.18. The van der Waals surface area contributed by atoms with E-state index in [9.17, 15) is 8.78 Å². The third-order valence-corrected chi connectivity index (χ3v) is 3.67. The summed E-state index contributed by atoms with van der Waals surface area (Å²) in [5, 5.41) is 5.96. The quantitative estimate of drug-likeness (QED) is 0.844. The summed E-state index contributed by atoms with van der Waals surface area (Å²) in [6.07, 6.45) is 1.58. The second kappa shape index (κ2) is 7.98. The monoisotopic (exact) mass is 335 g/mol. The minimum Gasteiger partial charge on any atom is -0.379 e. The first kappa shape index (κ1) is 16.5. The number of hydrogen-bond acceptors (Lipinski definition) is 6. The van der Waals surface area contributed by atoms with Crippen molar-refractivity contribution in [2.45, 2.75) is 0 Å². The van der Waals surface area contributed by atoms with Crippen molar-refractivity contribution in [3.8, 4) is 0 Å². The Morgan fingerprint density at radius 2 is 2.00 bits per heavy atom. The molecule has 2 heterocycles. The fourth-order valence-electron chi connectivity index (χ4n) is 2.40. The van der Waals surface area contributed by atoms with Crippen molar-refractivity contribution >= 4 is 17.5 Å². The van der Waals surface area contributed by atoms with Crippen molar-refractivity contribution in [3.63, 3.8) is 0 Å². The average molecular weight is 335 g/mol. The molecule has 8 heteroatoms. The van der Waals surface area contributed by atoms with Crippen LogP contribution in [0.3, 0.4) is 0 Å². The minimum atomic E-state index is -0.690. The van der Waals surface area contributed by atoms with Crippen molar-refractivity contribution in [1.82, 2.24) is 14.9 Å². The van der Waals surface area contributed by atoms with E-state index in [4.69, 9.17) is 4.74 Å². The van der Waals surface area contributed by atoms with Crippen LogP contribution in [0.4, 0.5) is 26.2 Å². The third-order valence-electron chi connectivity index (χ3n) is 3.67. The Bertz CT molecular complexity index is 679. The fourth-order valence-corrected chi connectivity index (χ4v) is 2.40. The summed E-state index contributed by atoms with van der Waals surface area (Å²) in [6.45, 7) is 5.03. The maximum absolute atomic E-state index is 13.7. The Kier molecular flexibility index (Phi) is 5.50. The van der Waals surface area contributed by atoms with Crippen molar-refractivity contribution < 1.29 is 13.5 Å². The maximum atomic E-state index is 13.7. The first-order valence-electron chi connectivity index (χ1n) is 7.80. The lowest BCUT2D eigenvalue weighted by atomic mass is 10.3. The molecule has 2 aromatic rings. The molecule has 0 atom stereocenters. The van der Waals surface area contributed by atoms with E-state index in [1.165, 1.54) is 12.1 Å². The van der Waals surface area contributed by atoms with Crippen LogP contribution in [-0.4, -0.2) is 54.3 Å². The van der Waals surface area contributed by atoms with Gasteiger partial charge in [0, 0.05) is 38.4 Å². The zero-order valence-corrected chi connectivity index (χ0v) is 13.1. The smallest absolute Gasteiger partial charge is 0.229 e. The van der Waals surface area contributed by atoms with E-state index < -0.39 is 11.6 Å². The molecular weight excluding hydrogens is 316 g/mol. The van der Waals surface area contributed by atoms with Gasteiger partial charge in [-0.3, -0.25) is 4.90 Å². The molecule has 0 radical (unpaired) electrons.